The lowest BCUT2D eigenvalue weighted by Gasteiger charge is -2.36. The molecule has 0 aromatic rings. The van der Waals surface area contributed by atoms with Crippen molar-refractivity contribution in [2.24, 2.45) is 5.16 Å². The summed E-state index contributed by atoms with van der Waals surface area (Å²) in [7, 11) is 0. The second-order valence-corrected chi connectivity index (χ2v) is 6.92. The predicted molar refractivity (Wildman–Crippen MR) is 94.0 cm³/mol. The molecule has 0 aromatic carbocycles. The number of hydrogen-bond donors (Lipinski definition) is 1. The molecular formula is C19H31NO4. The number of nitrogens with zero attached hydrogens (tertiary/aromatic N) is 1. The summed E-state index contributed by atoms with van der Waals surface area (Å²) in [6, 6.07) is 0. The van der Waals surface area contributed by atoms with E-state index in [0.717, 1.165) is 44.9 Å². The fraction of sp³-hybridized carbons (Fsp3) is 0.789. The van der Waals surface area contributed by atoms with E-state index in [1.165, 1.54) is 12.8 Å². The molecule has 1 spiro atoms. The van der Waals surface area contributed by atoms with Gasteiger partial charge in [0.2, 0.25) is 0 Å². The van der Waals surface area contributed by atoms with Gasteiger partial charge in [-0.25, -0.2) is 4.79 Å². The molecule has 2 aliphatic rings. The molecule has 0 amide bonds. The Hall–Kier alpha value is -1.52. The Bertz CT molecular complexity index is 488. The Balaban J connectivity index is 2.09. The third-order valence-corrected chi connectivity index (χ3v) is 4.94. The summed E-state index contributed by atoms with van der Waals surface area (Å²) in [5.74, 6) is -0.329. The van der Waals surface area contributed by atoms with E-state index in [-0.39, 0.29) is 11.3 Å². The van der Waals surface area contributed by atoms with E-state index in [1.54, 1.807) is 0 Å². The maximum absolute atomic E-state index is 12.5. The largest absolute Gasteiger partial charge is 0.511 e. The van der Waals surface area contributed by atoms with E-state index in [1.807, 2.05) is 6.92 Å². The summed E-state index contributed by atoms with van der Waals surface area (Å²) >= 11 is 0. The van der Waals surface area contributed by atoms with Crippen LogP contribution >= 0.6 is 0 Å². The van der Waals surface area contributed by atoms with E-state index in [0.29, 0.717) is 25.2 Å². The Morgan fingerprint density at radius 2 is 1.92 bits per heavy atom. The first-order valence-electron chi connectivity index (χ1n) is 9.46. The van der Waals surface area contributed by atoms with Crippen molar-refractivity contribution in [1.29, 1.82) is 0 Å². The number of rotatable bonds is 7. The molecule has 0 radical (unpaired) electrons. The lowest BCUT2D eigenvalue weighted by molar-refractivity contribution is -0.159. The van der Waals surface area contributed by atoms with E-state index in [4.69, 9.17) is 9.57 Å². The van der Waals surface area contributed by atoms with Crippen molar-refractivity contribution in [2.75, 3.05) is 6.61 Å². The molecule has 5 nitrogen and oxygen atoms in total. The number of aliphatic hydroxyl groups excluding tert-OH is 1. The molecule has 1 aliphatic heterocycles. The summed E-state index contributed by atoms with van der Waals surface area (Å²) in [6.07, 6.45) is 10.2. The summed E-state index contributed by atoms with van der Waals surface area (Å²) < 4.78 is 5.81. The van der Waals surface area contributed by atoms with Crippen LogP contribution < -0.4 is 0 Å². The highest BCUT2D eigenvalue weighted by Gasteiger charge is 2.43. The third-order valence-electron chi connectivity index (χ3n) is 4.94. The average molecular weight is 337 g/mol. The number of carbonyl (C=O) groups excluding carboxylic acids is 1. The molecule has 0 saturated heterocycles. The van der Waals surface area contributed by atoms with Crippen LogP contribution in [0.4, 0.5) is 0 Å². The van der Waals surface area contributed by atoms with Crippen molar-refractivity contribution in [2.45, 2.75) is 90.1 Å². The van der Waals surface area contributed by atoms with Gasteiger partial charge in [-0.05, 0) is 38.5 Å². The molecule has 1 fully saturated rings. The molecule has 0 aromatic heterocycles. The van der Waals surface area contributed by atoms with Crippen LogP contribution in [0.5, 0.6) is 0 Å². The zero-order chi connectivity index (χ0) is 17.4. The highest BCUT2D eigenvalue weighted by atomic mass is 16.6. The van der Waals surface area contributed by atoms with Crippen LogP contribution in [0, 0.1) is 0 Å². The van der Waals surface area contributed by atoms with Crippen LogP contribution in [0.15, 0.2) is 16.5 Å². The number of ether oxygens (including phenoxy) is 1. The minimum atomic E-state index is -0.512. The van der Waals surface area contributed by atoms with E-state index in [2.05, 4.69) is 12.1 Å². The Kier molecular flexibility index (Phi) is 7.13. The highest BCUT2D eigenvalue weighted by Crippen LogP contribution is 2.39. The van der Waals surface area contributed by atoms with Crippen LogP contribution in [0.1, 0.15) is 84.5 Å². The van der Waals surface area contributed by atoms with Crippen molar-refractivity contribution in [1.82, 2.24) is 0 Å². The maximum atomic E-state index is 12.5. The fourth-order valence-electron chi connectivity index (χ4n) is 3.56. The highest BCUT2D eigenvalue weighted by molar-refractivity contribution is 6.20. The molecule has 1 heterocycles. The molecule has 0 bridgehead atoms. The van der Waals surface area contributed by atoms with E-state index in [9.17, 15) is 9.90 Å². The number of aliphatic hydroxyl groups is 1. The third kappa shape index (κ3) is 4.74. The van der Waals surface area contributed by atoms with Gasteiger partial charge in [0.15, 0.2) is 0 Å². The van der Waals surface area contributed by atoms with Gasteiger partial charge in [0.05, 0.1) is 5.71 Å². The van der Waals surface area contributed by atoms with Gasteiger partial charge in [0, 0.05) is 6.42 Å². The summed E-state index contributed by atoms with van der Waals surface area (Å²) in [5, 5.41) is 14.6. The first-order valence-corrected chi connectivity index (χ1v) is 9.46. The Morgan fingerprint density at radius 3 is 2.50 bits per heavy atom. The first-order chi connectivity index (χ1) is 11.6. The molecule has 136 valence electrons. The second-order valence-electron chi connectivity index (χ2n) is 6.92. The van der Waals surface area contributed by atoms with Crippen molar-refractivity contribution in [3.63, 3.8) is 0 Å². The van der Waals surface area contributed by atoms with Gasteiger partial charge in [-0.3, -0.25) is 0 Å². The minimum Gasteiger partial charge on any atom is -0.511 e. The number of esters is 1. The topological polar surface area (TPSA) is 68.1 Å². The Morgan fingerprint density at radius 1 is 1.21 bits per heavy atom. The maximum Gasteiger partial charge on any atom is 0.344 e. The number of hydrogen-bond acceptors (Lipinski definition) is 5. The SMILES string of the molecule is CCCCCO/N=C(/CC)C1=C(O)CC2(CCCCCC2)OC1=O. The van der Waals surface area contributed by atoms with Crippen molar-refractivity contribution >= 4 is 11.7 Å². The Labute approximate surface area is 145 Å². The minimum absolute atomic E-state index is 0.117. The van der Waals surface area contributed by atoms with E-state index < -0.39 is 11.6 Å². The monoisotopic (exact) mass is 337 g/mol. The normalized spacial score (nSPS) is 21.6. The summed E-state index contributed by atoms with van der Waals surface area (Å²) in [4.78, 5) is 17.9. The quantitative estimate of drug-likeness (QED) is 0.313. The zero-order valence-corrected chi connectivity index (χ0v) is 15.1. The summed E-state index contributed by atoms with van der Waals surface area (Å²) in [5.41, 5.74) is 0.183. The fourth-order valence-corrected chi connectivity index (χ4v) is 3.56. The van der Waals surface area contributed by atoms with Gasteiger partial charge in [-0.1, -0.05) is 44.7 Å². The molecule has 1 saturated carbocycles. The van der Waals surface area contributed by atoms with Crippen LogP contribution in [-0.4, -0.2) is 29.0 Å². The lowest BCUT2D eigenvalue weighted by Crippen LogP contribution is -2.41. The molecule has 2 rings (SSSR count). The van der Waals surface area contributed by atoms with Gasteiger partial charge < -0.3 is 14.7 Å². The van der Waals surface area contributed by atoms with Gasteiger partial charge >= 0.3 is 5.97 Å². The second kappa shape index (κ2) is 9.09. The van der Waals surface area contributed by atoms with Crippen molar-refractivity contribution in [3.8, 4) is 0 Å². The lowest BCUT2D eigenvalue weighted by atomic mass is 9.85. The van der Waals surface area contributed by atoms with E-state index >= 15 is 0 Å². The van der Waals surface area contributed by atoms with Crippen molar-refractivity contribution in [3.05, 3.63) is 11.3 Å². The number of carbonyl (C=O) groups is 1. The zero-order valence-electron chi connectivity index (χ0n) is 15.1. The van der Waals surface area contributed by atoms with Crippen LogP contribution in [0.25, 0.3) is 0 Å². The first kappa shape index (κ1) is 18.8. The standard InChI is InChI=1S/C19H31NO4/c1-3-5-10-13-23-20-15(4-2)17-16(21)14-19(24-18(17)22)11-8-6-7-9-12-19/h21H,3-14H2,1-2H3/b20-15-. The van der Waals surface area contributed by atoms with Crippen LogP contribution in [0.3, 0.4) is 0 Å². The molecule has 1 N–H and O–H groups in total. The van der Waals surface area contributed by atoms with Gasteiger partial charge in [-0.2, -0.15) is 0 Å². The number of oxime groups is 1. The average Bonchev–Trinajstić information content (AvgIpc) is 2.77. The molecule has 5 heteroatoms. The molecule has 24 heavy (non-hydrogen) atoms. The molecular weight excluding hydrogens is 306 g/mol. The molecule has 1 aliphatic carbocycles. The van der Waals surface area contributed by atoms with Crippen LogP contribution in [0.2, 0.25) is 0 Å². The van der Waals surface area contributed by atoms with Crippen LogP contribution in [-0.2, 0) is 14.4 Å². The van der Waals surface area contributed by atoms with Gasteiger partial charge in [-0.15, -0.1) is 0 Å². The van der Waals surface area contributed by atoms with Crippen molar-refractivity contribution < 1.29 is 19.5 Å². The van der Waals surface area contributed by atoms with Gasteiger partial charge in [0.25, 0.3) is 0 Å². The predicted octanol–water partition coefficient (Wildman–Crippen LogP) is 4.81. The molecule has 0 unspecified atom stereocenters. The smallest absolute Gasteiger partial charge is 0.344 e. The molecule has 0 atom stereocenters. The van der Waals surface area contributed by atoms with Gasteiger partial charge in [0.1, 0.15) is 23.5 Å². The number of unbranched alkanes of at least 4 members (excludes halogenated alkanes) is 2. The summed E-state index contributed by atoms with van der Waals surface area (Å²) in [6.45, 7) is 4.56.